The van der Waals surface area contributed by atoms with E-state index in [-0.39, 0.29) is 24.0 Å². The van der Waals surface area contributed by atoms with Gasteiger partial charge in [-0.15, -0.1) is 0 Å². The van der Waals surface area contributed by atoms with Crippen LogP contribution in [0.2, 0.25) is 0 Å². The predicted octanol–water partition coefficient (Wildman–Crippen LogP) is 6.55. The zero-order valence-corrected chi connectivity index (χ0v) is 20.1. The Balaban J connectivity index is 1.54. The molecule has 0 aliphatic carbocycles. The third-order valence-electron chi connectivity index (χ3n) is 5.46. The first-order chi connectivity index (χ1) is 16.4. The van der Waals surface area contributed by atoms with Crippen LogP contribution in [0.15, 0.2) is 72.8 Å². The van der Waals surface area contributed by atoms with Gasteiger partial charge in [0.15, 0.2) is 0 Å². The molecule has 6 nitrogen and oxygen atoms in total. The van der Waals surface area contributed by atoms with Gasteiger partial charge in [-0.05, 0) is 99.5 Å². The summed E-state index contributed by atoms with van der Waals surface area (Å²) in [5.41, 5.74) is 2.34. The van der Waals surface area contributed by atoms with Gasteiger partial charge in [0.2, 0.25) is 0 Å². The Bertz CT molecular complexity index is 988. The average Bonchev–Trinajstić information content (AvgIpc) is 2.85. The van der Waals surface area contributed by atoms with Gasteiger partial charge in [-0.25, -0.2) is 0 Å². The van der Waals surface area contributed by atoms with Crippen LogP contribution in [0.25, 0.3) is 0 Å². The molecular formula is C28H32N2O4. The van der Waals surface area contributed by atoms with Crippen molar-refractivity contribution in [2.75, 3.05) is 10.6 Å². The van der Waals surface area contributed by atoms with E-state index in [0.717, 1.165) is 24.3 Å². The lowest BCUT2D eigenvalue weighted by atomic mass is 10.2. The summed E-state index contributed by atoms with van der Waals surface area (Å²) in [7, 11) is 0. The minimum atomic E-state index is -0.216. The van der Waals surface area contributed by atoms with E-state index < -0.39 is 0 Å². The maximum Gasteiger partial charge on any atom is 0.255 e. The summed E-state index contributed by atoms with van der Waals surface area (Å²) in [6.45, 7) is 8.13. The second kappa shape index (κ2) is 11.9. The molecule has 6 heteroatoms. The topological polar surface area (TPSA) is 76.7 Å². The number of anilines is 2. The Morgan fingerprint density at radius 1 is 0.618 bits per heavy atom. The number of hydrogen-bond acceptors (Lipinski definition) is 4. The maximum absolute atomic E-state index is 12.5. The van der Waals surface area contributed by atoms with Crippen molar-refractivity contribution in [1.29, 1.82) is 0 Å². The molecule has 0 fully saturated rings. The third kappa shape index (κ3) is 7.10. The van der Waals surface area contributed by atoms with Gasteiger partial charge in [0, 0.05) is 22.5 Å². The molecule has 0 spiro atoms. The second-order valence-corrected chi connectivity index (χ2v) is 8.21. The molecule has 2 unspecified atom stereocenters. The smallest absolute Gasteiger partial charge is 0.255 e. The zero-order valence-electron chi connectivity index (χ0n) is 20.1. The van der Waals surface area contributed by atoms with Crippen molar-refractivity contribution in [2.45, 2.75) is 52.7 Å². The van der Waals surface area contributed by atoms with Crippen LogP contribution in [0.4, 0.5) is 11.4 Å². The first kappa shape index (κ1) is 24.8. The Morgan fingerprint density at radius 2 is 0.941 bits per heavy atom. The van der Waals surface area contributed by atoms with Crippen molar-refractivity contribution in [3.63, 3.8) is 0 Å². The van der Waals surface area contributed by atoms with E-state index in [1.54, 1.807) is 72.8 Å². The molecule has 0 radical (unpaired) electrons. The van der Waals surface area contributed by atoms with Gasteiger partial charge in [0.25, 0.3) is 11.8 Å². The quantitative estimate of drug-likeness (QED) is 0.360. The molecule has 3 aromatic rings. The lowest BCUT2D eigenvalue weighted by molar-refractivity contribution is 0.101. The molecule has 34 heavy (non-hydrogen) atoms. The van der Waals surface area contributed by atoms with Crippen LogP contribution < -0.4 is 20.1 Å². The number of benzene rings is 3. The van der Waals surface area contributed by atoms with Gasteiger partial charge in [0.05, 0.1) is 12.2 Å². The summed E-state index contributed by atoms with van der Waals surface area (Å²) in [5, 5.41) is 5.72. The van der Waals surface area contributed by atoms with E-state index in [1.807, 2.05) is 13.8 Å². The highest BCUT2D eigenvalue weighted by atomic mass is 16.5. The number of hydrogen-bond donors (Lipinski definition) is 2. The minimum Gasteiger partial charge on any atom is -0.491 e. The molecule has 0 aliphatic rings. The fourth-order valence-electron chi connectivity index (χ4n) is 3.04. The molecule has 0 heterocycles. The number of carbonyl (C=O) groups is 2. The fraction of sp³-hybridized carbons (Fsp3) is 0.286. The van der Waals surface area contributed by atoms with Crippen LogP contribution in [0.5, 0.6) is 11.5 Å². The number of nitrogens with one attached hydrogen (secondary N) is 2. The highest BCUT2D eigenvalue weighted by Gasteiger charge is 2.10. The first-order valence-corrected chi connectivity index (χ1v) is 11.6. The van der Waals surface area contributed by atoms with E-state index in [1.165, 1.54) is 0 Å². The van der Waals surface area contributed by atoms with Crippen LogP contribution in [-0.4, -0.2) is 24.0 Å². The van der Waals surface area contributed by atoms with Gasteiger partial charge in [-0.1, -0.05) is 13.8 Å². The maximum atomic E-state index is 12.5. The molecule has 2 N–H and O–H groups in total. The summed E-state index contributed by atoms with van der Waals surface area (Å²) in [6.07, 6.45) is 2.08. The van der Waals surface area contributed by atoms with Crippen molar-refractivity contribution in [1.82, 2.24) is 0 Å². The van der Waals surface area contributed by atoms with Crippen molar-refractivity contribution in [3.05, 3.63) is 83.9 Å². The molecule has 3 rings (SSSR count). The van der Waals surface area contributed by atoms with Crippen LogP contribution in [-0.2, 0) is 0 Å². The van der Waals surface area contributed by atoms with Gasteiger partial charge in [-0.2, -0.15) is 0 Å². The average molecular weight is 461 g/mol. The molecule has 0 saturated carbocycles. The summed E-state index contributed by atoms with van der Waals surface area (Å²) in [4.78, 5) is 25.1. The molecule has 0 bridgehead atoms. The molecule has 2 amide bonds. The van der Waals surface area contributed by atoms with E-state index in [0.29, 0.717) is 22.5 Å². The zero-order chi connectivity index (χ0) is 24.5. The summed E-state index contributed by atoms with van der Waals surface area (Å²) >= 11 is 0. The molecular weight excluding hydrogens is 428 g/mol. The number of carbonyl (C=O) groups excluding carboxylic acids is 2. The van der Waals surface area contributed by atoms with E-state index in [4.69, 9.17) is 9.47 Å². The highest BCUT2D eigenvalue weighted by Crippen LogP contribution is 2.19. The van der Waals surface area contributed by atoms with Gasteiger partial charge >= 0.3 is 0 Å². The second-order valence-electron chi connectivity index (χ2n) is 8.21. The Kier molecular flexibility index (Phi) is 8.68. The van der Waals surface area contributed by atoms with Crippen molar-refractivity contribution < 1.29 is 19.1 Å². The lowest BCUT2D eigenvalue weighted by Crippen LogP contribution is -2.14. The number of amides is 2. The molecule has 0 aliphatic heterocycles. The molecule has 3 aromatic carbocycles. The van der Waals surface area contributed by atoms with Crippen LogP contribution in [0.3, 0.4) is 0 Å². The van der Waals surface area contributed by atoms with Crippen LogP contribution in [0, 0.1) is 0 Å². The Morgan fingerprint density at radius 3 is 1.24 bits per heavy atom. The summed E-state index contributed by atoms with van der Waals surface area (Å²) < 4.78 is 11.5. The summed E-state index contributed by atoms with van der Waals surface area (Å²) in [5.74, 6) is 1.05. The Hall–Kier alpha value is -3.80. The van der Waals surface area contributed by atoms with Crippen molar-refractivity contribution >= 4 is 23.2 Å². The fourth-order valence-corrected chi connectivity index (χ4v) is 3.04. The predicted molar refractivity (Wildman–Crippen MR) is 136 cm³/mol. The van der Waals surface area contributed by atoms with Crippen molar-refractivity contribution in [2.24, 2.45) is 0 Å². The van der Waals surface area contributed by atoms with Gasteiger partial charge in [-0.3, -0.25) is 9.59 Å². The lowest BCUT2D eigenvalue weighted by Gasteiger charge is -2.13. The highest BCUT2D eigenvalue weighted by molar-refractivity contribution is 6.05. The van der Waals surface area contributed by atoms with Gasteiger partial charge < -0.3 is 20.1 Å². The molecule has 2 atom stereocenters. The SMILES string of the molecule is CCC(C)Oc1ccc(C(=O)Nc2ccc(NC(=O)c3ccc(OC(C)CC)cc3)cc2)cc1. The van der Waals surface area contributed by atoms with Crippen LogP contribution in [0.1, 0.15) is 61.3 Å². The molecule has 0 saturated heterocycles. The Labute approximate surface area is 201 Å². The van der Waals surface area contributed by atoms with Crippen molar-refractivity contribution in [3.8, 4) is 11.5 Å². The molecule has 178 valence electrons. The normalized spacial score (nSPS) is 12.4. The van der Waals surface area contributed by atoms with Crippen LogP contribution >= 0.6 is 0 Å². The molecule has 0 aromatic heterocycles. The standard InChI is InChI=1S/C28H32N2O4/c1-5-19(3)33-25-15-7-21(8-16-25)27(31)29-23-11-13-24(14-12-23)30-28(32)22-9-17-26(18-10-22)34-20(4)6-2/h7-20H,5-6H2,1-4H3,(H,29,31)(H,30,32). The first-order valence-electron chi connectivity index (χ1n) is 11.6. The largest absolute Gasteiger partial charge is 0.491 e. The number of ether oxygens (including phenoxy) is 2. The van der Waals surface area contributed by atoms with E-state index in [9.17, 15) is 9.59 Å². The monoisotopic (exact) mass is 460 g/mol. The third-order valence-corrected chi connectivity index (χ3v) is 5.46. The summed E-state index contributed by atoms with van der Waals surface area (Å²) in [6, 6.07) is 21.1. The van der Waals surface area contributed by atoms with E-state index in [2.05, 4.69) is 24.5 Å². The van der Waals surface area contributed by atoms with E-state index >= 15 is 0 Å². The van der Waals surface area contributed by atoms with Gasteiger partial charge in [0.1, 0.15) is 11.5 Å². The number of rotatable bonds is 10. The minimum absolute atomic E-state index is 0.127.